The summed E-state index contributed by atoms with van der Waals surface area (Å²) in [5, 5.41) is 10.1. The van der Waals surface area contributed by atoms with E-state index in [2.05, 4.69) is 65.9 Å². The highest BCUT2D eigenvalue weighted by Crippen LogP contribution is 2.28. The summed E-state index contributed by atoms with van der Waals surface area (Å²) in [5.41, 5.74) is 5.95. The van der Waals surface area contributed by atoms with Crippen molar-refractivity contribution in [3.05, 3.63) is 106 Å². The zero-order chi connectivity index (χ0) is 22.9. The van der Waals surface area contributed by atoms with Crippen molar-refractivity contribution in [2.24, 2.45) is 7.05 Å². The van der Waals surface area contributed by atoms with Crippen LogP contribution in [-0.2, 0) is 13.7 Å². The Morgan fingerprint density at radius 2 is 1.55 bits per heavy atom. The third-order valence-corrected chi connectivity index (χ3v) is 5.92. The number of ether oxygens (including phenoxy) is 1. The Hall–Kier alpha value is -4.19. The highest BCUT2D eigenvalue weighted by atomic mass is 16.5. The molecule has 0 spiro atoms. The minimum Gasteiger partial charge on any atom is -0.489 e. The lowest BCUT2D eigenvalue weighted by atomic mass is 10.0. The molecule has 1 aromatic heterocycles. The average Bonchev–Trinajstić information content (AvgIpc) is 3.16. The number of aryl methyl sites for hydroxylation is 3. The predicted octanol–water partition coefficient (Wildman–Crippen LogP) is 4.98. The molecular formula is C27H24N4O2. The maximum Gasteiger partial charge on any atom is 0.368 e. The van der Waals surface area contributed by atoms with Crippen LogP contribution in [0.4, 0.5) is 0 Å². The quantitative estimate of drug-likeness (QED) is 0.390. The molecule has 0 unspecified atom stereocenters. The van der Waals surface area contributed by atoms with Gasteiger partial charge in [-0.2, -0.15) is 9.36 Å². The van der Waals surface area contributed by atoms with Gasteiger partial charge in [0, 0.05) is 12.6 Å². The summed E-state index contributed by atoms with van der Waals surface area (Å²) in [6.45, 7) is 4.41. The standard InChI is InChI=1S/C27H24N4O2/c1-18-7-9-20(10-8-18)21-11-12-23-16-24(14-13-22(23)15-21)33-17-25-19(2)5-4-6-26(25)31-27(32)30(3)28-29-31/h4-16H,17H2,1-3H3. The molecule has 6 nitrogen and oxygen atoms in total. The van der Waals surface area contributed by atoms with Crippen LogP contribution in [0.15, 0.2) is 83.7 Å². The maximum absolute atomic E-state index is 12.4. The van der Waals surface area contributed by atoms with Crippen LogP contribution in [0, 0.1) is 13.8 Å². The van der Waals surface area contributed by atoms with Gasteiger partial charge in [0.1, 0.15) is 12.4 Å². The van der Waals surface area contributed by atoms with E-state index in [0.717, 1.165) is 27.6 Å². The third kappa shape index (κ3) is 4.03. The van der Waals surface area contributed by atoms with Gasteiger partial charge in [-0.1, -0.05) is 60.2 Å². The summed E-state index contributed by atoms with van der Waals surface area (Å²) in [4.78, 5) is 12.4. The van der Waals surface area contributed by atoms with Gasteiger partial charge < -0.3 is 4.74 Å². The SMILES string of the molecule is Cc1ccc(-c2ccc3cc(OCc4c(C)cccc4-n4nnn(C)c4=O)ccc3c2)cc1. The second-order valence-electron chi connectivity index (χ2n) is 8.25. The largest absolute Gasteiger partial charge is 0.489 e. The van der Waals surface area contributed by atoms with Crippen molar-refractivity contribution in [1.82, 2.24) is 19.8 Å². The molecule has 1 heterocycles. The molecule has 5 rings (SSSR count). The van der Waals surface area contributed by atoms with Crippen LogP contribution in [0.1, 0.15) is 16.7 Å². The van der Waals surface area contributed by atoms with Crippen LogP contribution >= 0.6 is 0 Å². The Morgan fingerprint density at radius 1 is 0.818 bits per heavy atom. The molecule has 0 aliphatic heterocycles. The van der Waals surface area contributed by atoms with Crippen LogP contribution in [0.5, 0.6) is 5.75 Å². The number of hydrogen-bond acceptors (Lipinski definition) is 4. The van der Waals surface area contributed by atoms with E-state index in [9.17, 15) is 4.79 Å². The highest BCUT2D eigenvalue weighted by molar-refractivity contribution is 5.88. The van der Waals surface area contributed by atoms with Gasteiger partial charge in [-0.3, -0.25) is 0 Å². The number of tetrazole rings is 1. The summed E-state index contributed by atoms with van der Waals surface area (Å²) < 4.78 is 8.66. The minimum absolute atomic E-state index is 0.295. The molecule has 0 saturated heterocycles. The number of nitrogens with zero attached hydrogens (tertiary/aromatic N) is 4. The average molecular weight is 437 g/mol. The summed E-state index contributed by atoms with van der Waals surface area (Å²) >= 11 is 0. The second-order valence-corrected chi connectivity index (χ2v) is 8.25. The fourth-order valence-corrected chi connectivity index (χ4v) is 3.93. The van der Waals surface area contributed by atoms with Gasteiger partial charge >= 0.3 is 5.69 Å². The Bertz CT molecular complexity index is 1510. The molecule has 5 aromatic rings. The van der Waals surface area contributed by atoms with Gasteiger partial charge in [0.05, 0.1) is 5.69 Å². The first-order valence-corrected chi connectivity index (χ1v) is 10.8. The Labute approximate surface area is 191 Å². The van der Waals surface area contributed by atoms with Gasteiger partial charge in [0.25, 0.3) is 0 Å². The summed E-state index contributed by atoms with van der Waals surface area (Å²) in [7, 11) is 1.58. The first-order valence-electron chi connectivity index (χ1n) is 10.8. The molecule has 0 radical (unpaired) electrons. The van der Waals surface area contributed by atoms with Crippen molar-refractivity contribution in [3.63, 3.8) is 0 Å². The van der Waals surface area contributed by atoms with Crippen LogP contribution in [0.3, 0.4) is 0 Å². The molecule has 0 N–H and O–H groups in total. The number of fused-ring (bicyclic) bond motifs is 1. The fourth-order valence-electron chi connectivity index (χ4n) is 3.93. The molecule has 0 saturated carbocycles. The number of hydrogen-bond donors (Lipinski definition) is 0. The van der Waals surface area contributed by atoms with E-state index in [-0.39, 0.29) is 5.69 Å². The zero-order valence-electron chi connectivity index (χ0n) is 18.8. The molecule has 6 heteroatoms. The second kappa shape index (κ2) is 8.39. The molecule has 0 amide bonds. The smallest absolute Gasteiger partial charge is 0.368 e. The topological polar surface area (TPSA) is 61.9 Å². The molecule has 0 aliphatic rings. The van der Waals surface area contributed by atoms with Gasteiger partial charge in [0.15, 0.2) is 0 Å². The number of rotatable bonds is 5. The summed E-state index contributed by atoms with van der Waals surface area (Å²) in [5.74, 6) is 0.770. The van der Waals surface area contributed by atoms with Gasteiger partial charge in [-0.15, -0.1) is 0 Å². The van der Waals surface area contributed by atoms with Gasteiger partial charge in [0.2, 0.25) is 0 Å². The monoisotopic (exact) mass is 436 g/mol. The van der Waals surface area contributed by atoms with E-state index < -0.39 is 0 Å². The Morgan fingerprint density at radius 3 is 2.30 bits per heavy atom. The van der Waals surface area contributed by atoms with E-state index in [1.54, 1.807) is 7.05 Å². The van der Waals surface area contributed by atoms with E-state index in [1.165, 1.54) is 26.1 Å². The third-order valence-electron chi connectivity index (χ3n) is 5.92. The molecule has 164 valence electrons. The Kier molecular flexibility index (Phi) is 5.26. The molecule has 4 aromatic carbocycles. The molecule has 0 aliphatic carbocycles. The first-order chi connectivity index (χ1) is 16.0. The summed E-state index contributed by atoms with van der Waals surface area (Å²) in [6, 6.07) is 26.9. The number of benzene rings is 4. The molecular weight excluding hydrogens is 412 g/mol. The number of aromatic nitrogens is 4. The lowest BCUT2D eigenvalue weighted by molar-refractivity contribution is 0.305. The zero-order valence-corrected chi connectivity index (χ0v) is 18.8. The van der Waals surface area contributed by atoms with E-state index in [1.807, 2.05) is 37.3 Å². The lowest BCUT2D eigenvalue weighted by Crippen LogP contribution is -2.23. The van der Waals surface area contributed by atoms with Crippen molar-refractivity contribution in [2.45, 2.75) is 20.5 Å². The van der Waals surface area contributed by atoms with E-state index >= 15 is 0 Å². The first kappa shape index (κ1) is 20.7. The highest BCUT2D eigenvalue weighted by Gasteiger charge is 2.13. The fraction of sp³-hybridized carbons (Fsp3) is 0.148. The summed E-state index contributed by atoms with van der Waals surface area (Å²) in [6.07, 6.45) is 0. The van der Waals surface area contributed by atoms with Crippen molar-refractivity contribution in [3.8, 4) is 22.6 Å². The van der Waals surface area contributed by atoms with Gasteiger partial charge in [-0.05, 0) is 76.0 Å². The van der Waals surface area contributed by atoms with E-state index in [4.69, 9.17) is 4.74 Å². The Balaban J connectivity index is 1.41. The van der Waals surface area contributed by atoms with E-state index in [0.29, 0.717) is 12.3 Å². The van der Waals surface area contributed by atoms with Crippen molar-refractivity contribution >= 4 is 10.8 Å². The van der Waals surface area contributed by atoms with Crippen LogP contribution in [0.25, 0.3) is 27.6 Å². The lowest BCUT2D eigenvalue weighted by Gasteiger charge is -2.13. The molecule has 0 fully saturated rings. The van der Waals surface area contributed by atoms with Crippen LogP contribution in [0.2, 0.25) is 0 Å². The van der Waals surface area contributed by atoms with Crippen LogP contribution < -0.4 is 10.4 Å². The van der Waals surface area contributed by atoms with Gasteiger partial charge in [-0.25, -0.2) is 4.79 Å². The van der Waals surface area contributed by atoms with Crippen molar-refractivity contribution in [2.75, 3.05) is 0 Å². The molecule has 33 heavy (non-hydrogen) atoms. The molecule has 0 bridgehead atoms. The van der Waals surface area contributed by atoms with Crippen molar-refractivity contribution in [1.29, 1.82) is 0 Å². The van der Waals surface area contributed by atoms with Crippen LogP contribution in [-0.4, -0.2) is 19.8 Å². The maximum atomic E-state index is 12.4. The molecule has 0 atom stereocenters. The predicted molar refractivity (Wildman–Crippen MR) is 130 cm³/mol. The normalized spacial score (nSPS) is 11.1. The van der Waals surface area contributed by atoms with Crippen molar-refractivity contribution < 1.29 is 4.74 Å². The minimum atomic E-state index is -0.295.